The van der Waals surface area contributed by atoms with Gasteiger partial charge in [0.05, 0.1) is 22.4 Å². The third-order valence-electron chi connectivity index (χ3n) is 11.0. The van der Waals surface area contributed by atoms with Crippen LogP contribution in [0.15, 0.2) is 176 Å². The van der Waals surface area contributed by atoms with Crippen LogP contribution in [0.1, 0.15) is 0 Å². The van der Waals surface area contributed by atoms with Crippen molar-refractivity contribution in [3.63, 3.8) is 0 Å². The first kappa shape index (κ1) is 29.9. The Morgan fingerprint density at radius 3 is 1.89 bits per heavy atom. The zero-order valence-corrected chi connectivity index (χ0v) is 29.4. The lowest BCUT2D eigenvalue weighted by molar-refractivity contribution is 0.484. The van der Waals surface area contributed by atoms with Gasteiger partial charge in [-0.3, -0.25) is 8.80 Å². The number of ether oxygens (including phenoxy) is 1. The number of benzene rings is 6. The minimum absolute atomic E-state index is 0.727. The van der Waals surface area contributed by atoms with Crippen molar-refractivity contribution in [3.8, 4) is 45.1 Å². The average Bonchev–Trinajstić information content (AvgIpc) is 3.93. The highest BCUT2D eigenvalue weighted by atomic mass is 16.5. The molecule has 0 saturated carbocycles. The first-order valence-corrected chi connectivity index (χ1v) is 18.4. The van der Waals surface area contributed by atoms with Crippen molar-refractivity contribution in [2.45, 2.75) is 0 Å². The van der Waals surface area contributed by atoms with Crippen LogP contribution in [0.4, 0.5) is 0 Å². The number of imidazole rings is 1. The topological polar surface area (TPSA) is 56.7 Å². The first-order valence-electron chi connectivity index (χ1n) is 18.4. The Morgan fingerprint density at radius 1 is 0.418 bits per heavy atom. The van der Waals surface area contributed by atoms with E-state index in [1.807, 2.05) is 36.7 Å². The number of hydrogen-bond donors (Lipinski definition) is 0. The van der Waals surface area contributed by atoms with Gasteiger partial charge in [-0.15, -0.1) is 0 Å². The van der Waals surface area contributed by atoms with E-state index >= 15 is 0 Å². The first-order chi connectivity index (χ1) is 27.3. The molecule has 256 valence electrons. The number of nitrogens with zero attached hydrogens (tertiary/aromatic N) is 5. The Morgan fingerprint density at radius 2 is 1.09 bits per heavy atom. The van der Waals surface area contributed by atoms with Crippen LogP contribution in [0.2, 0.25) is 0 Å². The van der Waals surface area contributed by atoms with Gasteiger partial charge in [0.25, 0.3) is 0 Å². The Kier molecular flexibility index (Phi) is 6.24. The van der Waals surface area contributed by atoms with Crippen LogP contribution in [0.5, 0.6) is 11.5 Å². The van der Waals surface area contributed by atoms with Gasteiger partial charge in [-0.2, -0.15) is 0 Å². The molecule has 0 bridgehead atoms. The summed E-state index contributed by atoms with van der Waals surface area (Å²) in [5.74, 6) is 1.47. The second-order valence-electron chi connectivity index (χ2n) is 14.0. The van der Waals surface area contributed by atoms with Gasteiger partial charge in [0.15, 0.2) is 0 Å². The van der Waals surface area contributed by atoms with E-state index in [9.17, 15) is 0 Å². The monoisotopic (exact) mass is 703 g/mol. The predicted octanol–water partition coefficient (Wildman–Crippen LogP) is 12.4. The van der Waals surface area contributed by atoms with E-state index in [1.165, 1.54) is 32.8 Å². The van der Waals surface area contributed by atoms with Crippen LogP contribution in [0, 0.1) is 0 Å². The van der Waals surface area contributed by atoms with Crippen molar-refractivity contribution < 1.29 is 4.74 Å². The van der Waals surface area contributed by atoms with E-state index in [0.29, 0.717) is 0 Å². The fraction of sp³-hybridized carbons (Fsp3) is 0. The Balaban J connectivity index is 1.06. The summed E-state index contributed by atoms with van der Waals surface area (Å²) in [6.45, 7) is 0. The summed E-state index contributed by atoms with van der Waals surface area (Å²) in [5, 5.41) is 7.83. The van der Waals surface area contributed by atoms with Crippen molar-refractivity contribution in [1.82, 2.24) is 23.8 Å². The van der Waals surface area contributed by atoms with Crippen molar-refractivity contribution in [2.24, 2.45) is 0 Å². The van der Waals surface area contributed by atoms with E-state index in [-0.39, 0.29) is 0 Å². The van der Waals surface area contributed by atoms with Gasteiger partial charge in [-0.05, 0) is 65.0 Å². The van der Waals surface area contributed by atoms with E-state index < -0.39 is 0 Å². The van der Waals surface area contributed by atoms with Crippen molar-refractivity contribution in [2.75, 3.05) is 0 Å². The van der Waals surface area contributed by atoms with Gasteiger partial charge < -0.3 is 4.74 Å². The molecular weight excluding hydrogens is 675 g/mol. The Hall–Kier alpha value is -7.57. The Bertz CT molecular complexity index is 3440. The maximum atomic E-state index is 6.77. The van der Waals surface area contributed by atoms with E-state index in [1.54, 1.807) is 0 Å². The summed E-state index contributed by atoms with van der Waals surface area (Å²) in [6, 6.07) is 56.9. The summed E-state index contributed by atoms with van der Waals surface area (Å²) < 4.78 is 11.3. The molecule has 6 aromatic heterocycles. The normalized spacial score (nSPS) is 12.0. The molecule has 6 aromatic carbocycles. The molecule has 12 aromatic rings. The number of pyridine rings is 3. The third-order valence-corrected chi connectivity index (χ3v) is 11.0. The second-order valence-corrected chi connectivity index (χ2v) is 14.0. The molecule has 0 aliphatic rings. The predicted molar refractivity (Wildman–Crippen MR) is 223 cm³/mol. The molecule has 0 unspecified atom stereocenters. The summed E-state index contributed by atoms with van der Waals surface area (Å²) in [7, 11) is 0. The van der Waals surface area contributed by atoms with Gasteiger partial charge >= 0.3 is 0 Å². The fourth-order valence-electron chi connectivity index (χ4n) is 8.67. The van der Waals surface area contributed by atoms with Crippen molar-refractivity contribution in [3.05, 3.63) is 176 Å². The number of rotatable bonds is 5. The zero-order chi connectivity index (χ0) is 36.0. The van der Waals surface area contributed by atoms with Crippen LogP contribution in [0.3, 0.4) is 0 Å². The van der Waals surface area contributed by atoms with Gasteiger partial charge in [0.1, 0.15) is 28.4 Å². The number of aromatic nitrogens is 5. The van der Waals surface area contributed by atoms with Gasteiger partial charge in [-0.1, -0.05) is 109 Å². The quantitative estimate of drug-likeness (QED) is 0.167. The molecule has 0 N–H and O–H groups in total. The van der Waals surface area contributed by atoms with E-state index in [0.717, 1.165) is 78.0 Å². The summed E-state index contributed by atoms with van der Waals surface area (Å²) in [6.07, 6.45) is 3.77. The highest BCUT2D eigenvalue weighted by molar-refractivity contribution is 6.25. The molecule has 0 aliphatic heterocycles. The molecule has 0 spiro atoms. The maximum Gasteiger partial charge on any atom is 0.147 e. The van der Waals surface area contributed by atoms with Crippen LogP contribution >= 0.6 is 0 Å². The van der Waals surface area contributed by atoms with Crippen molar-refractivity contribution in [1.29, 1.82) is 0 Å². The number of para-hydroxylation sites is 1. The third kappa shape index (κ3) is 4.33. The Labute approximate surface area is 314 Å². The minimum atomic E-state index is 0.727. The molecule has 0 aliphatic carbocycles. The second kappa shape index (κ2) is 11.5. The molecule has 55 heavy (non-hydrogen) atoms. The SMILES string of the molecule is c1ccc(-c2nc3c4cc(Oc5ccc6c7cccc8c9c(-c%10ccccc%10)ccnc9n(c6c5)c78)ccc4c4cccnc4n3c2-c2ccccc2)cc1. The van der Waals surface area contributed by atoms with Gasteiger partial charge in [0, 0.05) is 61.9 Å². The molecular formula is C49H29N5O. The molecule has 6 nitrogen and oxygen atoms in total. The van der Waals surface area contributed by atoms with E-state index in [4.69, 9.17) is 19.7 Å². The lowest BCUT2D eigenvalue weighted by atomic mass is 10.0. The summed E-state index contributed by atoms with van der Waals surface area (Å²) in [5.41, 5.74) is 11.3. The molecule has 6 heteroatoms. The lowest BCUT2D eigenvalue weighted by Crippen LogP contribution is -1.96. The molecule has 0 saturated heterocycles. The largest absolute Gasteiger partial charge is 0.457 e. The molecule has 0 radical (unpaired) electrons. The maximum absolute atomic E-state index is 6.77. The molecule has 6 heterocycles. The number of fused-ring (bicyclic) bond motifs is 12. The summed E-state index contributed by atoms with van der Waals surface area (Å²) >= 11 is 0. The molecule has 12 rings (SSSR count). The fourth-order valence-corrected chi connectivity index (χ4v) is 8.67. The van der Waals surface area contributed by atoms with Crippen LogP contribution < -0.4 is 4.74 Å². The van der Waals surface area contributed by atoms with Crippen molar-refractivity contribution >= 4 is 65.7 Å². The minimum Gasteiger partial charge on any atom is -0.457 e. The smallest absolute Gasteiger partial charge is 0.147 e. The molecule has 0 amide bonds. The van der Waals surface area contributed by atoms with E-state index in [2.05, 4.69) is 148 Å². The molecule has 0 fully saturated rings. The highest BCUT2D eigenvalue weighted by Crippen LogP contribution is 2.44. The lowest BCUT2D eigenvalue weighted by Gasteiger charge is -2.12. The van der Waals surface area contributed by atoms with Crippen LogP contribution in [-0.4, -0.2) is 23.8 Å². The number of hydrogen-bond acceptors (Lipinski definition) is 4. The van der Waals surface area contributed by atoms with Gasteiger partial charge in [-0.25, -0.2) is 15.0 Å². The summed E-state index contributed by atoms with van der Waals surface area (Å²) in [4.78, 5) is 15.3. The molecule has 0 atom stereocenters. The average molecular weight is 704 g/mol. The zero-order valence-electron chi connectivity index (χ0n) is 29.4. The highest BCUT2D eigenvalue weighted by Gasteiger charge is 2.23. The van der Waals surface area contributed by atoms with Crippen LogP contribution in [-0.2, 0) is 0 Å². The van der Waals surface area contributed by atoms with Crippen LogP contribution in [0.25, 0.3) is 99.3 Å². The standard InChI is InChI=1S/C49H29N5O/c1-4-12-30(13-5-1)35-25-27-51-49-43(35)40-19-10-18-38-37-24-22-34(29-42(37)53(49)46(38)40)55-33-21-23-36-39-20-11-26-50-47(39)54-45(32-16-8-3-9-17-32)44(31-14-6-2-7-15-31)52-48(54)41(36)28-33/h1-29H. The van der Waals surface area contributed by atoms with Gasteiger partial charge in [0.2, 0.25) is 0 Å².